The van der Waals surface area contributed by atoms with Gasteiger partial charge in [-0.1, -0.05) is 6.42 Å². The highest BCUT2D eigenvalue weighted by molar-refractivity contribution is 8.00. The molecule has 0 bridgehead atoms. The molecule has 2 unspecified atom stereocenters. The third kappa shape index (κ3) is 8.95. The number of hydrogen-bond donors (Lipinski definition) is 4. The van der Waals surface area contributed by atoms with Gasteiger partial charge in [0.15, 0.2) is 0 Å². The number of thioether (sulfide) groups is 1. The first kappa shape index (κ1) is 23.2. The molecule has 5 N–H and O–H groups in total. The number of ether oxygens (including phenoxy) is 3. The van der Waals surface area contributed by atoms with Crippen LogP contribution >= 0.6 is 11.8 Å². The molecule has 0 aliphatic carbocycles. The van der Waals surface area contributed by atoms with Gasteiger partial charge in [-0.2, -0.15) is 11.8 Å². The summed E-state index contributed by atoms with van der Waals surface area (Å²) in [5, 5.41) is 9.26. The zero-order valence-electron chi connectivity index (χ0n) is 16.5. The third-order valence-electron chi connectivity index (χ3n) is 4.66. The predicted octanol–water partition coefficient (Wildman–Crippen LogP) is -0.163. The lowest BCUT2D eigenvalue weighted by atomic mass is 10.0. The van der Waals surface area contributed by atoms with E-state index >= 15 is 0 Å². The van der Waals surface area contributed by atoms with Gasteiger partial charge in [0.05, 0.1) is 51.7 Å². The SMILES string of the molecule is NCCOCCOCCOCCNC(=O)CCCC[C@@H]1SCC2NC(=O)NC21. The summed E-state index contributed by atoms with van der Waals surface area (Å²) in [6.45, 7) is 4.15. The number of amides is 3. The van der Waals surface area contributed by atoms with Crippen LogP contribution in [0.3, 0.4) is 0 Å². The molecule has 2 aliphatic heterocycles. The van der Waals surface area contributed by atoms with Crippen LogP contribution in [0.25, 0.3) is 0 Å². The van der Waals surface area contributed by atoms with Gasteiger partial charge in [-0.25, -0.2) is 4.79 Å². The summed E-state index contributed by atoms with van der Waals surface area (Å²) in [5.74, 6) is 1.03. The molecule has 0 radical (unpaired) electrons. The molecule has 2 aliphatic rings. The van der Waals surface area contributed by atoms with Crippen molar-refractivity contribution in [2.75, 3.05) is 58.5 Å². The van der Waals surface area contributed by atoms with E-state index in [4.69, 9.17) is 19.9 Å². The van der Waals surface area contributed by atoms with Crippen molar-refractivity contribution < 1.29 is 23.8 Å². The monoisotopic (exact) mass is 418 g/mol. The van der Waals surface area contributed by atoms with Crippen LogP contribution in [0.5, 0.6) is 0 Å². The fourth-order valence-corrected chi connectivity index (χ4v) is 4.79. The van der Waals surface area contributed by atoms with Gasteiger partial charge in [-0.15, -0.1) is 0 Å². The number of urea groups is 1. The van der Waals surface area contributed by atoms with E-state index in [9.17, 15) is 9.59 Å². The zero-order chi connectivity index (χ0) is 20.0. The summed E-state index contributed by atoms with van der Waals surface area (Å²) in [5.41, 5.74) is 5.31. The first-order valence-electron chi connectivity index (χ1n) is 10.1. The molecule has 162 valence electrons. The highest BCUT2D eigenvalue weighted by atomic mass is 32.2. The Morgan fingerprint density at radius 2 is 1.79 bits per heavy atom. The predicted molar refractivity (Wildman–Crippen MR) is 108 cm³/mol. The average Bonchev–Trinajstić information content (AvgIpc) is 3.22. The molecular weight excluding hydrogens is 384 g/mol. The largest absolute Gasteiger partial charge is 0.378 e. The summed E-state index contributed by atoms with van der Waals surface area (Å²) in [7, 11) is 0. The Bertz CT molecular complexity index is 471. The number of hydrogen-bond acceptors (Lipinski definition) is 7. The molecule has 0 saturated carbocycles. The quantitative estimate of drug-likeness (QED) is 0.203. The molecule has 2 heterocycles. The van der Waals surface area contributed by atoms with Gasteiger partial charge in [0, 0.05) is 30.5 Å². The Balaban J connectivity index is 1.34. The van der Waals surface area contributed by atoms with Crippen LogP contribution in [-0.2, 0) is 19.0 Å². The van der Waals surface area contributed by atoms with Crippen molar-refractivity contribution in [1.29, 1.82) is 0 Å². The molecule has 2 saturated heterocycles. The van der Waals surface area contributed by atoms with Crippen LogP contribution in [0, 0.1) is 0 Å². The standard InChI is InChI=1S/C18H34N4O5S/c19-5-7-25-9-11-27-12-10-26-8-6-20-16(23)4-2-1-3-15-17-14(13-28-15)21-18(24)22-17/h14-15,17H,1-13,19H2,(H,20,23)(H2,21,22,24)/t14?,15-,17?/m0/s1. The lowest BCUT2D eigenvalue weighted by Gasteiger charge is -2.16. The molecular formula is C18H34N4O5S. The van der Waals surface area contributed by atoms with Crippen molar-refractivity contribution >= 4 is 23.7 Å². The van der Waals surface area contributed by atoms with Crippen LogP contribution < -0.4 is 21.7 Å². The van der Waals surface area contributed by atoms with Crippen LogP contribution in [-0.4, -0.2) is 87.8 Å². The molecule has 28 heavy (non-hydrogen) atoms. The molecule has 0 aromatic carbocycles. The van der Waals surface area contributed by atoms with Crippen molar-refractivity contribution in [1.82, 2.24) is 16.0 Å². The molecule has 0 spiro atoms. The number of carbonyl (C=O) groups excluding carboxylic acids is 2. The molecule has 10 heteroatoms. The number of rotatable bonds is 16. The van der Waals surface area contributed by atoms with E-state index < -0.39 is 0 Å². The van der Waals surface area contributed by atoms with E-state index in [-0.39, 0.29) is 24.0 Å². The third-order valence-corrected chi connectivity index (χ3v) is 6.16. The second-order valence-corrected chi connectivity index (χ2v) is 8.12. The van der Waals surface area contributed by atoms with Gasteiger partial charge in [-0.3, -0.25) is 4.79 Å². The van der Waals surface area contributed by atoms with E-state index in [1.165, 1.54) is 0 Å². The van der Waals surface area contributed by atoms with Crippen LogP contribution in [0.2, 0.25) is 0 Å². The number of fused-ring (bicyclic) bond motifs is 1. The van der Waals surface area contributed by atoms with Gasteiger partial charge in [-0.05, 0) is 12.8 Å². The van der Waals surface area contributed by atoms with Crippen molar-refractivity contribution in [2.45, 2.75) is 43.0 Å². The summed E-state index contributed by atoms with van der Waals surface area (Å²) < 4.78 is 15.9. The van der Waals surface area contributed by atoms with Gasteiger partial charge in [0.1, 0.15) is 0 Å². The van der Waals surface area contributed by atoms with E-state index in [0.717, 1.165) is 25.0 Å². The number of unbranched alkanes of at least 4 members (excludes halogenated alkanes) is 1. The molecule has 9 nitrogen and oxygen atoms in total. The van der Waals surface area contributed by atoms with Gasteiger partial charge in [0.2, 0.25) is 5.91 Å². The fourth-order valence-electron chi connectivity index (χ4n) is 3.25. The maximum absolute atomic E-state index is 11.8. The lowest BCUT2D eigenvalue weighted by Crippen LogP contribution is -2.36. The smallest absolute Gasteiger partial charge is 0.315 e. The Hall–Kier alpha value is -1.07. The summed E-state index contributed by atoms with van der Waals surface area (Å²) in [6, 6.07) is 0.455. The van der Waals surface area contributed by atoms with Crippen LogP contribution in [0.1, 0.15) is 25.7 Å². The minimum absolute atomic E-state index is 0.0509. The lowest BCUT2D eigenvalue weighted by molar-refractivity contribution is -0.121. The van der Waals surface area contributed by atoms with Crippen molar-refractivity contribution in [2.24, 2.45) is 5.73 Å². The van der Waals surface area contributed by atoms with Gasteiger partial charge < -0.3 is 35.9 Å². The highest BCUT2D eigenvalue weighted by Gasteiger charge is 2.42. The molecule has 3 atom stereocenters. The second kappa shape index (κ2) is 14.0. The van der Waals surface area contributed by atoms with Gasteiger partial charge >= 0.3 is 6.03 Å². The minimum atomic E-state index is -0.0509. The molecule has 2 rings (SSSR count). The normalized spacial score (nSPS) is 23.3. The number of carbonyl (C=O) groups is 2. The first-order valence-corrected chi connectivity index (χ1v) is 11.1. The van der Waals surface area contributed by atoms with Crippen molar-refractivity contribution in [3.05, 3.63) is 0 Å². The Morgan fingerprint density at radius 3 is 2.54 bits per heavy atom. The summed E-state index contributed by atoms with van der Waals surface area (Å²) in [4.78, 5) is 23.2. The molecule has 3 amide bonds. The van der Waals surface area contributed by atoms with Crippen LogP contribution in [0.15, 0.2) is 0 Å². The Kier molecular flexibility index (Phi) is 11.6. The molecule has 2 fully saturated rings. The summed E-state index contributed by atoms with van der Waals surface area (Å²) >= 11 is 1.91. The second-order valence-electron chi connectivity index (χ2n) is 6.84. The van der Waals surface area contributed by atoms with Crippen molar-refractivity contribution in [3.8, 4) is 0 Å². The maximum atomic E-state index is 11.8. The van der Waals surface area contributed by atoms with E-state index in [0.29, 0.717) is 64.4 Å². The number of nitrogens with two attached hydrogens (primary N) is 1. The highest BCUT2D eigenvalue weighted by Crippen LogP contribution is 2.33. The maximum Gasteiger partial charge on any atom is 0.315 e. The van der Waals surface area contributed by atoms with Gasteiger partial charge in [0.25, 0.3) is 0 Å². The Morgan fingerprint density at radius 1 is 1.07 bits per heavy atom. The van der Waals surface area contributed by atoms with Crippen molar-refractivity contribution in [3.63, 3.8) is 0 Å². The average molecular weight is 419 g/mol. The Labute approximate surface area is 171 Å². The van der Waals surface area contributed by atoms with E-state index in [1.54, 1.807) is 0 Å². The van der Waals surface area contributed by atoms with E-state index in [1.807, 2.05) is 11.8 Å². The fraction of sp³-hybridized carbons (Fsp3) is 0.889. The molecule has 0 aromatic heterocycles. The topological polar surface area (TPSA) is 124 Å². The van der Waals surface area contributed by atoms with E-state index in [2.05, 4.69) is 16.0 Å². The first-order chi connectivity index (χ1) is 13.7. The molecule has 0 aromatic rings. The number of nitrogens with one attached hydrogen (secondary N) is 3. The minimum Gasteiger partial charge on any atom is -0.378 e. The summed E-state index contributed by atoms with van der Waals surface area (Å²) in [6.07, 6.45) is 3.42. The van der Waals surface area contributed by atoms with Crippen LogP contribution in [0.4, 0.5) is 4.79 Å². The zero-order valence-corrected chi connectivity index (χ0v) is 17.3.